The van der Waals surface area contributed by atoms with Gasteiger partial charge in [0, 0.05) is 31.4 Å². The highest BCUT2D eigenvalue weighted by Crippen LogP contribution is 2.24. The van der Waals surface area contributed by atoms with E-state index in [2.05, 4.69) is 17.6 Å². The van der Waals surface area contributed by atoms with E-state index in [-0.39, 0.29) is 12.0 Å². The van der Waals surface area contributed by atoms with Crippen LogP contribution in [-0.4, -0.2) is 41.6 Å². The molecule has 0 bridgehead atoms. The highest BCUT2D eigenvalue weighted by molar-refractivity contribution is 7.12. The Kier molecular flexibility index (Phi) is 8.32. The molecule has 1 atom stereocenters. The summed E-state index contributed by atoms with van der Waals surface area (Å²) in [6, 6.07) is 12.0. The van der Waals surface area contributed by atoms with E-state index in [1.807, 2.05) is 67.4 Å². The van der Waals surface area contributed by atoms with E-state index >= 15 is 0 Å². The van der Waals surface area contributed by atoms with Gasteiger partial charge in [-0.15, -0.1) is 11.3 Å². The number of anilines is 1. The highest BCUT2D eigenvalue weighted by Gasteiger charge is 2.27. The molecular weight excluding hydrogens is 422 g/mol. The van der Waals surface area contributed by atoms with Crippen molar-refractivity contribution in [1.29, 1.82) is 0 Å². The number of hydrogen-bond acceptors (Lipinski definition) is 5. The van der Waals surface area contributed by atoms with Gasteiger partial charge in [0.1, 0.15) is 5.60 Å². The van der Waals surface area contributed by atoms with Gasteiger partial charge in [-0.2, -0.15) is 0 Å². The molecule has 6 nitrogen and oxygen atoms in total. The van der Waals surface area contributed by atoms with Gasteiger partial charge in [0.15, 0.2) is 0 Å². The normalized spacial score (nSPS) is 15.9. The maximum atomic E-state index is 12.4. The fraction of sp³-hybridized carbons (Fsp3) is 0.520. The van der Waals surface area contributed by atoms with Crippen LogP contribution in [0.5, 0.6) is 0 Å². The number of nitrogens with zero attached hydrogens (tertiary/aromatic N) is 1. The first-order chi connectivity index (χ1) is 15.2. The van der Waals surface area contributed by atoms with Gasteiger partial charge in [0.05, 0.1) is 4.88 Å². The Balaban J connectivity index is 1.44. The van der Waals surface area contributed by atoms with E-state index in [1.54, 1.807) is 0 Å². The minimum atomic E-state index is -0.452. The molecule has 174 valence electrons. The van der Waals surface area contributed by atoms with Crippen molar-refractivity contribution >= 4 is 29.0 Å². The minimum absolute atomic E-state index is 0.0720. The molecule has 0 radical (unpaired) electrons. The van der Waals surface area contributed by atoms with Crippen molar-refractivity contribution in [3.63, 3.8) is 0 Å². The summed E-state index contributed by atoms with van der Waals surface area (Å²) in [6.45, 7) is 10.1. The molecule has 1 aromatic carbocycles. The molecule has 1 saturated heterocycles. The van der Waals surface area contributed by atoms with E-state index in [1.165, 1.54) is 11.3 Å². The van der Waals surface area contributed by atoms with Crippen molar-refractivity contribution in [2.24, 2.45) is 5.92 Å². The zero-order valence-corrected chi connectivity index (χ0v) is 20.3. The van der Waals surface area contributed by atoms with Crippen molar-refractivity contribution in [3.8, 4) is 0 Å². The maximum Gasteiger partial charge on any atom is 0.410 e. The molecule has 2 amide bonds. The third-order valence-corrected chi connectivity index (χ3v) is 6.47. The molecule has 1 aliphatic heterocycles. The lowest BCUT2D eigenvalue weighted by atomic mass is 9.90. The molecule has 0 saturated carbocycles. The number of amides is 2. The zero-order valence-electron chi connectivity index (χ0n) is 19.5. The van der Waals surface area contributed by atoms with Crippen LogP contribution in [0.1, 0.15) is 62.2 Å². The zero-order chi connectivity index (χ0) is 23.1. The Morgan fingerprint density at radius 2 is 1.88 bits per heavy atom. The summed E-state index contributed by atoms with van der Waals surface area (Å²) < 4.78 is 5.49. The number of likely N-dealkylation sites (tertiary alicyclic amines) is 1. The molecule has 0 aliphatic carbocycles. The number of nitrogens with one attached hydrogen (secondary N) is 2. The first-order valence-corrected chi connectivity index (χ1v) is 12.2. The quantitative estimate of drug-likeness (QED) is 0.575. The van der Waals surface area contributed by atoms with Gasteiger partial charge in [-0.05, 0) is 76.0 Å². The molecule has 1 aromatic heterocycles. The van der Waals surface area contributed by atoms with Gasteiger partial charge >= 0.3 is 6.09 Å². The minimum Gasteiger partial charge on any atom is -0.444 e. The van der Waals surface area contributed by atoms with E-state index in [0.29, 0.717) is 23.4 Å². The summed E-state index contributed by atoms with van der Waals surface area (Å²) in [5.41, 5.74) is 1.46. The Bertz CT molecular complexity index is 884. The number of ether oxygens (including phenoxy) is 1. The van der Waals surface area contributed by atoms with Crippen LogP contribution in [0, 0.1) is 5.92 Å². The molecule has 1 unspecified atom stereocenters. The number of para-hydroxylation sites is 1. The summed E-state index contributed by atoms with van der Waals surface area (Å²) in [7, 11) is 0. The third-order valence-electron chi connectivity index (χ3n) is 5.60. The van der Waals surface area contributed by atoms with E-state index in [4.69, 9.17) is 4.74 Å². The Labute approximate surface area is 195 Å². The van der Waals surface area contributed by atoms with Crippen LogP contribution in [0.4, 0.5) is 10.5 Å². The van der Waals surface area contributed by atoms with Crippen LogP contribution >= 0.6 is 11.3 Å². The van der Waals surface area contributed by atoms with Crippen molar-refractivity contribution < 1.29 is 14.3 Å². The Hall–Kier alpha value is -2.38. The average Bonchev–Trinajstić information content (AvgIpc) is 3.27. The lowest BCUT2D eigenvalue weighted by Crippen LogP contribution is -2.42. The second-order valence-corrected chi connectivity index (χ2v) is 10.5. The standard InChI is InChI=1S/C25H35N3O3S/c1-18(16-19-11-13-28(14-12-19)24(30)31-25(2,3)4)26-17-20-8-5-6-9-21(20)27-23(29)22-10-7-15-32-22/h5-10,15,18-19,26H,11-14,16-17H2,1-4H3,(H,27,29). The first-order valence-electron chi connectivity index (χ1n) is 11.4. The van der Waals surface area contributed by atoms with Gasteiger partial charge < -0.3 is 20.3 Å². The summed E-state index contributed by atoms with van der Waals surface area (Å²) >= 11 is 1.44. The Morgan fingerprint density at radius 3 is 2.53 bits per heavy atom. The summed E-state index contributed by atoms with van der Waals surface area (Å²) in [6.07, 6.45) is 2.85. The molecule has 2 heterocycles. The van der Waals surface area contributed by atoms with Crippen molar-refractivity contribution in [3.05, 3.63) is 52.2 Å². The van der Waals surface area contributed by atoms with Crippen molar-refractivity contribution in [2.45, 2.75) is 65.1 Å². The second-order valence-electron chi connectivity index (χ2n) is 9.52. The topological polar surface area (TPSA) is 70.7 Å². The monoisotopic (exact) mass is 457 g/mol. The SMILES string of the molecule is CC(CC1CCN(C(=O)OC(C)(C)C)CC1)NCc1ccccc1NC(=O)c1cccs1. The molecule has 32 heavy (non-hydrogen) atoms. The van der Waals surface area contributed by atoms with E-state index < -0.39 is 5.60 Å². The number of rotatable bonds is 7. The lowest BCUT2D eigenvalue weighted by molar-refractivity contribution is 0.0178. The van der Waals surface area contributed by atoms with E-state index in [9.17, 15) is 9.59 Å². The number of carbonyl (C=O) groups excluding carboxylic acids is 2. The molecule has 3 rings (SSSR count). The molecule has 0 spiro atoms. The number of hydrogen-bond donors (Lipinski definition) is 2. The molecular formula is C25H35N3O3S. The van der Waals surface area contributed by atoms with Gasteiger partial charge in [-0.3, -0.25) is 4.79 Å². The summed E-state index contributed by atoms with van der Waals surface area (Å²) in [5.74, 6) is 0.516. The van der Waals surface area contributed by atoms with E-state index in [0.717, 1.165) is 43.6 Å². The van der Waals surface area contributed by atoms with Crippen LogP contribution in [0.2, 0.25) is 0 Å². The number of carbonyl (C=O) groups is 2. The number of benzene rings is 1. The van der Waals surface area contributed by atoms with Crippen LogP contribution < -0.4 is 10.6 Å². The summed E-state index contributed by atoms with van der Waals surface area (Å²) in [5, 5.41) is 8.54. The predicted molar refractivity (Wildman–Crippen MR) is 130 cm³/mol. The average molecular weight is 458 g/mol. The fourth-order valence-corrected chi connectivity index (χ4v) is 4.55. The molecule has 2 N–H and O–H groups in total. The highest BCUT2D eigenvalue weighted by atomic mass is 32.1. The lowest BCUT2D eigenvalue weighted by Gasteiger charge is -2.34. The third kappa shape index (κ3) is 7.35. The summed E-state index contributed by atoms with van der Waals surface area (Å²) in [4.78, 5) is 27.2. The first kappa shape index (κ1) is 24.3. The van der Waals surface area contributed by atoms with Crippen LogP contribution in [-0.2, 0) is 11.3 Å². The molecule has 1 fully saturated rings. The maximum absolute atomic E-state index is 12.4. The van der Waals surface area contributed by atoms with Gasteiger partial charge in [-0.25, -0.2) is 4.79 Å². The molecule has 7 heteroatoms. The second kappa shape index (κ2) is 11.0. The van der Waals surface area contributed by atoms with Crippen LogP contribution in [0.3, 0.4) is 0 Å². The van der Waals surface area contributed by atoms with Crippen LogP contribution in [0.15, 0.2) is 41.8 Å². The largest absolute Gasteiger partial charge is 0.444 e. The Morgan fingerprint density at radius 1 is 1.16 bits per heavy atom. The fourth-order valence-electron chi connectivity index (χ4n) is 3.93. The molecule has 2 aromatic rings. The van der Waals surface area contributed by atoms with Crippen molar-refractivity contribution in [2.75, 3.05) is 18.4 Å². The van der Waals surface area contributed by atoms with Gasteiger partial charge in [-0.1, -0.05) is 24.3 Å². The predicted octanol–water partition coefficient (Wildman–Crippen LogP) is 5.52. The smallest absolute Gasteiger partial charge is 0.410 e. The number of piperidine rings is 1. The van der Waals surface area contributed by atoms with Gasteiger partial charge in [0.2, 0.25) is 0 Å². The van der Waals surface area contributed by atoms with Crippen molar-refractivity contribution in [1.82, 2.24) is 10.2 Å². The van der Waals surface area contributed by atoms with Gasteiger partial charge in [0.25, 0.3) is 5.91 Å². The number of thiophene rings is 1. The molecule has 1 aliphatic rings. The van der Waals surface area contributed by atoms with Crippen LogP contribution in [0.25, 0.3) is 0 Å².